The van der Waals surface area contributed by atoms with E-state index in [2.05, 4.69) is 0 Å². The van der Waals surface area contributed by atoms with Gasteiger partial charge in [-0.05, 0) is 36.2 Å². The van der Waals surface area contributed by atoms with Crippen molar-refractivity contribution in [3.63, 3.8) is 0 Å². The molecule has 0 aliphatic carbocycles. The average molecular weight is 409 g/mol. The minimum absolute atomic E-state index is 0.140. The van der Waals surface area contributed by atoms with Crippen molar-refractivity contribution in [2.24, 2.45) is 0 Å². The molecule has 2 rings (SSSR count). The monoisotopic (exact) mass is 409 g/mol. The predicted molar refractivity (Wildman–Crippen MR) is 96.9 cm³/mol. The number of rotatable bonds is 7. The fraction of sp³-hybridized carbons (Fsp3) is 0.300. The number of hydrogen-bond donors (Lipinski definition) is 0. The second kappa shape index (κ2) is 8.15. The summed E-state index contributed by atoms with van der Waals surface area (Å²) < 4.78 is 63.0. The van der Waals surface area contributed by atoms with Crippen LogP contribution in [0.3, 0.4) is 0 Å². The smallest absolute Gasteiger partial charge is 0.300 e. The van der Waals surface area contributed by atoms with Gasteiger partial charge in [-0.1, -0.05) is 37.3 Å². The SMILES string of the molecule is CCC(=O)CC[C@@](C#N)(c1ccccc1)S(=O)(=O)c1ccc(C(F)(F)F)cc1. The number of Topliss-reactive ketones (excluding diaryl/α,β-unsaturated/α-hetero) is 1. The van der Waals surface area contributed by atoms with Crippen LogP contribution in [0, 0.1) is 11.3 Å². The predicted octanol–water partition coefficient (Wildman–Crippen LogP) is 4.66. The van der Waals surface area contributed by atoms with Crippen molar-refractivity contribution in [3.05, 3.63) is 65.7 Å². The first-order valence-electron chi connectivity index (χ1n) is 8.49. The number of hydrogen-bond acceptors (Lipinski definition) is 4. The van der Waals surface area contributed by atoms with E-state index < -0.39 is 31.2 Å². The molecule has 8 heteroatoms. The molecule has 0 unspecified atom stereocenters. The molecule has 0 amide bonds. The zero-order valence-electron chi connectivity index (χ0n) is 15.0. The van der Waals surface area contributed by atoms with E-state index in [1.807, 2.05) is 6.07 Å². The largest absolute Gasteiger partial charge is 0.416 e. The molecule has 0 saturated heterocycles. The highest BCUT2D eigenvalue weighted by Crippen LogP contribution is 2.40. The molecule has 0 bridgehead atoms. The molecular formula is C20H18F3NO3S. The van der Waals surface area contributed by atoms with Crippen molar-refractivity contribution >= 4 is 15.6 Å². The van der Waals surface area contributed by atoms with E-state index in [0.717, 1.165) is 12.1 Å². The second-order valence-electron chi connectivity index (χ2n) is 6.22. The molecule has 1 atom stereocenters. The standard InChI is InChI=1S/C20H18F3NO3S/c1-2-17(25)12-13-19(14-24,15-6-4-3-5-7-15)28(26,27)18-10-8-16(9-11-18)20(21,22)23/h3-11H,2,12-13H2,1H3/t19-/m1/s1. The van der Waals surface area contributed by atoms with Crippen LogP contribution in [0.2, 0.25) is 0 Å². The third-order valence-electron chi connectivity index (χ3n) is 4.52. The van der Waals surface area contributed by atoms with E-state index in [9.17, 15) is 31.6 Å². The fourth-order valence-electron chi connectivity index (χ4n) is 2.84. The lowest BCUT2D eigenvalue weighted by Crippen LogP contribution is -2.35. The van der Waals surface area contributed by atoms with Crippen molar-refractivity contribution in [1.82, 2.24) is 0 Å². The molecule has 0 heterocycles. The number of nitriles is 1. The molecule has 2 aromatic rings. The summed E-state index contributed by atoms with van der Waals surface area (Å²) in [6.45, 7) is 1.63. The number of nitrogens with zero attached hydrogens (tertiary/aromatic N) is 1. The van der Waals surface area contributed by atoms with Crippen molar-refractivity contribution in [3.8, 4) is 6.07 Å². The van der Waals surface area contributed by atoms with Crippen LogP contribution in [0.4, 0.5) is 13.2 Å². The zero-order chi connectivity index (χ0) is 21.0. The third-order valence-corrected chi connectivity index (χ3v) is 6.86. The van der Waals surface area contributed by atoms with E-state index >= 15 is 0 Å². The van der Waals surface area contributed by atoms with Crippen LogP contribution in [0.15, 0.2) is 59.5 Å². The van der Waals surface area contributed by atoms with Crippen molar-refractivity contribution in [2.45, 2.75) is 42.0 Å². The Balaban J connectivity index is 2.61. The number of carbonyl (C=O) groups excluding carboxylic acids is 1. The molecule has 28 heavy (non-hydrogen) atoms. The van der Waals surface area contributed by atoms with Gasteiger partial charge in [0.15, 0.2) is 4.75 Å². The molecule has 0 radical (unpaired) electrons. The topological polar surface area (TPSA) is 75.0 Å². The number of carbonyl (C=O) groups is 1. The molecule has 148 valence electrons. The first-order chi connectivity index (χ1) is 13.1. The normalized spacial score (nSPS) is 14.1. The van der Waals surface area contributed by atoms with Gasteiger partial charge >= 0.3 is 6.18 Å². The summed E-state index contributed by atoms with van der Waals surface area (Å²) in [4.78, 5) is 11.4. The number of halogens is 3. The van der Waals surface area contributed by atoms with Gasteiger partial charge < -0.3 is 0 Å². The van der Waals surface area contributed by atoms with Gasteiger partial charge in [0.2, 0.25) is 9.84 Å². The molecular weight excluding hydrogens is 391 g/mol. The molecule has 0 saturated carbocycles. The molecule has 0 aliphatic heterocycles. The average Bonchev–Trinajstić information content (AvgIpc) is 2.68. The summed E-state index contributed by atoms with van der Waals surface area (Å²) in [6, 6.07) is 12.5. The molecule has 0 aliphatic rings. The zero-order valence-corrected chi connectivity index (χ0v) is 15.8. The minimum atomic E-state index is -4.61. The van der Waals surface area contributed by atoms with Gasteiger partial charge in [-0.2, -0.15) is 18.4 Å². The highest BCUT2D eigenvalue weighted by Gasteiger charge is 2.47. The first-order valence-corrected chi connectivity index (χ1v) is 9.97. The van der Waals surface area contributed by atoms with Gasteiger partial charge in [-0.15, -0.1) is 0 Å². The van der Waals surface area contributed by atoms with Crippen LogP contribution >= 0.6 is 0 Å². The summed E-state index contributed by atoms with van der Waals surface area (Å²) in [7, 11) is -4.41. The minimum Gasteiger partial charge on any atom is -0.300 e. The van der Waals surface area contributed by atoms with Gasteiger partial charge in [0.1, 0.15) is 5.78 Å². The lowest BCUT2D eigenvalue weighted by molar-refractivity contribution is -0.137. The van der Waals surface area contributed by atoms with E-state index in [1.54, 1.807) is 25.1 Å². The highest BCUT2D eigenvalue weighted by molar-refractivity contribution is 7.92. The Bertz CT molecular complexity index is 978. The summed E-state index contributed by atoms with van der Waals surface area (Å²) in [6.07, 6.45) is -4.85. The number of sulfone groups is 1. The van der Waals surface area contributed by atoms with Crippen molar-refractivity contribution < 1.29 is 26.4 Å². The van der Waals surface area contributed by atoms with Crippen LogP contribution in [0.25, 0.3) is 0 Å². The summed E-state index contributed by atoms with van der Waals surface area (Å²) >= 11 is 0. The summed E-state index contributed by atoms with van der Waals surface area (Å²) in [5.41, 5.74) is -0.823. The van der Waals surface area contributed by atoms with Gasteiger partial charge in [0.05, 0.1) is 16.5 Å². The number of benzene rings is 2. The summed E-state index contributed by atoms with van der Waals surface area (Å²) in [5.74, 6) is -0.210. The molecule has 0 N–H and O–H groups in total. The van der Waals surface area contributed by atoms with Crippen molar-refractivity contribution in [1.29, 1.82) is 5.26 Å². The maximum absolute atomic E-state index is 13.3. The number of ketones is 1. The van der Waals surface area contributed by atoms with Crippen LogP contribution < -0.4 is 0 Å². The maximum Gasteiger partial charge on any atom is 0.416 e. The Labute approximate surface area is 161 Å². The lowest BCUT2D eigenvalue weighted by atomic mass is 9.93. The molecule has 2 aromatic carbocycles. The molecule has 0 spiro atoms. The number of alkyl halides is 3. The van der Waals surface area contributed by atoms with E-state index in [4.69, 9.17) is 0 Å². The maximum atomic E-state index is 13.3. The molecule has 0 fully saturated rings. The molecule has 4 nitrogen and oxygen atoms in total. The van der Waals surface area contributed by atoms with Crippen LogP contribution in [0.5, 0.6) is 0 Å². The third kappa shape index (κ3) is 4.09. The lowest BCUT2D eigenvalue weighted by Gasteiger charge is -2.27. The van der Waals surface area contributed by atoms with Gasteiger partial charge in [-0.25, -0.2) is 8.42 Å². The highest BCUT2D eigenvalue weighted by atomic mass is 32.2. The van der Waals surface area contributed by atoms with E-state index in [1.165, 1.54) is 12.1 Å². The van der Waals surface area contributed by atoms with Crippen LogP contribution in [-0.4, -0.2) is 14.2 Å². The Morgan fingerprint density at radius 3 is 2.04 bits per heavy atom. The van der Waals surface area contributed by atoms with E-state index in [0.29, 0.717) is 12.1 Å². The Hall–Kier alpha value is -2.66. The first kappa shape index (κ1) is 21.6. The Morgan fingerprint density at radius 2 is 1.57 bits per heavy atom. The molecule has 0 aromatic heterocycles. The van der Waals surface area contributed by atoms with Crippen LogP contribution in [0.1, 0.15) is 37.3 Å². The fourth-order valence-corrected chi connectivity index (χ4v) is 4.67. The quantitative estimate of drug-likeness (QED) is 0.667. The van der Waals surface area contributed by atoms with Gasteiger partial charge in [0.25, 0.3) is 0 Å². The van der Waals surface area contributed by atoms with E-state index in [-0.39, 0.29) is 30.6 Å². The van der Waals surface area contributed by atoms with Gasteiger partial charge in [0, 0.05) is 12.8 Å². The second-order valence-corrected chi connectivity index (χ2v) is 8.40. The van der Waals surface area contributed by atoms with Crippen LogP contribution in [-0.2, 0) is 25.6 Å². The Kier molecular flexibility index (Phi) is 6.30. The van der Waals surface area contributed by atoms with Crippen molar-refractivity contribution in [2.75, 3.05) is 0 Å². The Morgan fingerprint density at radius 1 is 1.00 bits per heavy atom. The summed E-state index contributed by atoms with van der Waals surface area (Å²) in [5, 5.41) is 9.88. The van der Waals surface area contributed by atoms with Gasteiger partial charge in [-0.3, -0.25) is 4.79 Å².